The largest absolute Gasteiger partial charge is 0.389 e. The highest BCUT2D eigenvalue weighted by molar-refractivity contribution is 7.13. The average molecular weight is 296 g/mol. The Morgan fingerprint density at radius 1 is 1.65 bits per heavy atom. The molecule has 0 unspecified atom stereocenters. The van der Waals surface area contributed by atoms with Gasteiger partial charge >= 0.3 is 0 Å². The Morgan fingerprint density at radius 3 is 3.06 bits per heavy atom. The van der Waals surface area contributed by atoms with Crippen molar-refractivity contribution in [2.45, 2.75) is 6.61 Å². The fraction of sp³-hybridized carbons (Fsp3) is 0.250. The number of oxime groups is 1. The fourth-order valence-corrected chi connectivity index (χ4v) is 1.58. The molecule has 92 valence electrons. The topological polar surface area (TPSA) is 80.6 Å². The van der Waals surface area contributed by atoms with Gasteiger partial charge in [0.25, 0.3) is 5.24 Å². The number of nitrogens with one attached hydrogen (secondary N) is 1. The molecule has 0 aliphatic rings. The molecule has 17 heavy (non-hydrogen) atoms. The van der Waals surface area contributed by atoms with Gasteiger partial charge in [-0.25, -0.2) is 4.98 Å². The van der Waals surface area contributed by atoms with E-state index in [1.165, 1.54) is 11.3 Å². The Kier molecular flexibility index (Phi) is 5.88. The molecular weight excluding hydrogens is 289 g/mol. The number of anilines is 1. The summed E-state index contributed by atoms with van der Waals surface area (Å²) in [6.07, 6.45) is 0.837. The van der Waals surface area contributed by atoms with Gasteiger partial charge in [-0.15, -0.1) is 22.9 Å². The Morgan fingerprint density at radius 2 is 2.41 bits per heavy atom. The summed E-state index contributed by atoms with van der Waals surface area (Å²) >= 11 is 11.5. The van der Waals surface area contributed by atoms with Crippen molar-refractivity contribution < 1.29 is 14.4 Å². The van der Waals surface area contributed by atoms with Crippen molar-refractivity contribution in [3.8, 4) is 0 Å². The summed E-state index contributed by atoms with van der Waals surface area (Å²) in [6.45, 7) is 0.0773. The highest BCUT2D eigenvalue weighted by Gasteiger charge is 2.05. The monoisotopic (exact) mass is 295 g/mol. The van der Waals surface area contributed by atoms with Crippen molar-refractivity contribution >= 4 is 57.0 Å². The predicted molar refractivity (Wildman–Crippen MR) is 65.6 cm³/mol. The number of alkyl halides is 1. The normalized spacial score (nSPS) is 10.5. The van der Waals surface area contributed by atoms with Crippen molar-refractivity contribution in [2.75, 3.05) is 11.2 Å². The second-order valence-electron chi connectivity index (χ2n) is 2.64. The zero-order chi connectivity index (χ0) is 12.7. The molecule has 0 atom stereocenters. The van der Waals surface area contributed by atoms with Crippen LogP contribution < -0.4 is 5.32 Å². The Hall–Kier alpha value is -1.18. The van der Waals surface area contributed by atoms with E-state index >= 15 is 0 Å². The molecule has 9 heteroatoms. The molecule has 1 rings (SSSR count). The number of aromatic nitrogens is 1. The molecule has 0 saturated carbocycles. The van der Waals surface area contributed by atoms with E-state index in [0.29, 0.717) is 10.8 Å². The standard InChI is InChI=1S/C8H7Cl2N3O3S/c9-1-7(15)13-8-12-5(4-17-8)3-16-11-2-6(10)14/h2,4H,1,3H2,(H,12,13,15). The lowest BCUT2D eigenvalue weighted by molar-refractivity contribution is -0.114. The van der Waals surface area contributed by atoms with E-state index in [4.69, 9.17) is 28.0 Å². The third-order valence-electron chi connectivity index (χ3n) is 1.36. The van der Waals surface area contributed by atoms with Crippen LogP contribution in [0.15, 0.2) is 10.5 Å². The number of amides is 1. The van der Waals surface area contributed by atoms with Gasteiger partial charge < -0.3 is 10.2 Å². The quantitative estimate of drug-likeness (QED) is 0.374. The fourth-order valence-electron chi connectivity index (χ4n) is 0.765. The number of rotatable bonds is 6. The molecule has 0 aromatic carbocycles. The van der Waals surface area contributed by atoms with Gasteiger partial charge in [-0.1, -0.05) is 5.16 Å². The van der Waals surface area contributed by atoms with Gasteiger partial charge in [0, 0.05) is 5.38 Å². The van der Waals surface area contributed by atoms with Gasteiger partial charge in [0.15, 0.2) is 11.7 Å². The van der Waals surface area contributed by atoms with Crippen LogP contribution in [0.2, 0.25) is 0 Å². The first-order valence-electron chi connectivity index (χ1n) is 4.27. The van der Waals surface area contributed by atoms with E-state index in [-0.39, 0.29) is 18.4 Å². The molecule has 0 bridgehead atoms. The van der Waals surface area contributed by atoms with Crippen LogP contribution in [-0.4, -0.2) is 28.2 Å². The first kappa shape index (κ1) is 13.9. The van der Waals surface area contributed by atoms with E-state index in [1.807, 2.05) is 0 Å². The van der Waals surface area contributed by atoms with E-state index in [9.17, 15) is 9.59 Å². The molecule has 1 amide bonds. The summed E-state index contributed by atoms with van der Waals surface area (Å²) in [4.78, 5) is 30.0. The first-order chi connectivity index (χ1) is 8.11. The summed E-state index contributed by atoms with van der Waals surface area (Å²) in [5.41, 5.74) is 0.569. The lowest BCUT2D eigenvalue weighted by Gasteiger charge is -1.96. The van der Waals surface area contributed by atoms with Crippen LogP contribution in [0, 0.1) is 0 Å². The van der Waals surface area contributed by atoms with E-state index in [2.05, 4.69) is 15.5 Å². The molecule has 1 aromatic heterocycles. The predicted octanol–water partition coefficient (Wildman–Crippen LogP) is 1.59. The number of halogens is 2. The maximum absolute atomic E-state index is 10.9. The number of carbonyl (C=O) groups is 2. The maximum Gasteiger partial charge on any atom is 0.266 e. The minimum Gasteiger partial charge on any atom is -0.389 e. The molecule has 6 nitrogen and oxygen atoms in total. The lowest BCUT2D eigenvalue weighted by atomic mass is 10.5. The van der Waals surface area contributed by atoms with Crippen LogP contribution in [-0.2, 0) is 21.0 Å². The molecule has 1 N–H and O–H groups in total. The van der Waals surface area contributed by atoms with Crippen LogP contribution >= 0.6 is 34.5 Å². The van der Waals surface area contributed by atoms with Crippen LogP contribution in [0.4, 0.5) is 5.13 Å². The van der Waals surface area contributed by atoms with Crippen molar-refractivity contribution in [1.29, 1.82) is 0 Å². The van der Waals surface area contributed by atoms with Crippen LogP contribution in [0.5, 0.6) is 0 Å². The SMILES string of the molecule is O=C(Cl)C=NOCc1csc(NC(=O)CCl)n1. The highest BCUT2D eigenvalue weighted by Crippen LogP contribution is 2.15. The molecule has 1 heterocycles. The van der Waals surface area contributed by atoms with Crippen molar-refractivity contribution in [3.05, 3.63) is 11.1 Å². The second kappa shape index (κ2) is 7.21. The summed E-state index contributed by atoms with van der Waals surface area (Å²) in [5, 5.41) is 7.17. The molecule has 0 saturated heterocycles. The number of thiazole rings is 1. The van der Waals surface area contributed by atoms with Gasteiger partial charge in [-0.3, -0.25) is 9.59 Å². The van der Waals surface area contributed by atoms with Crippen molar-refractivity contribution in [1.82, 2.24) is 4.98 Å². The van der Waals surface area contributed by atoms with Crippen LogP contribution in [0.1, 0.15) is 5.69 Å². The minimum absolute atomic E-state index is 0.0773. The van der Waals surface area contributed by atoms with Crippen molar-refractivity contribution in [2.24, 2.45) is 5.16 Å². The lowest BCUT2D eigenvalue weighted by Crippen LogP contribution is -2.12. The zero-order valence-electron chi connectivity index (χ0n) is 8.35. The molecule has 0 aliphatic heterocycles. The van der Waals surface area contributed by atoms with Crippen molar-refractivity contribution in [3.63, 3.8) is 0 Å². The number of hydrogen-bond acceptors (Lipinski definition) is 6. The molecule has 0 spiro atoms. The highest BCUT2D eigenvalue weighted by atomic mass is 35.5. The van der Waals surface area contributed by atoms with Crippen LogP contribution in [0.25, 0.3) is 0 Å². The van der Waals surface area contributed by atoms with Gasteiger partial charge in [0.1, 0.15) is 12.1 Å². The Bertz CT molecular complexity index is 435. The summed E-state index contributed by atoms with van der Waals surface area (Å²) in [5.74, 6) is -0.465. The van der Waals surface area contributed by atoms with E-state index in [0.717, 1.165) is 6.21 Å². The number of nitrogens with zero attached hydrogens (tertiary/aromatic N) is 2. The van der Waals surface area contributed by atoms with Gasteiger partial charge in [0.2, 0.25) is 5.91 Å². The zero-order valence-corrected chi connectivity index (χ0v) is 10.7. The average Bonchev–Trinajstić information content (AvgIpc) is 2.72. The van der Waals surface area contributed by atoms with Gasteiger partial charge in [-0.2, -0.15) is 0 Å². The third-order valence-corrected chi connectivity index (χ3v) is 2.51. The van der Waals surface area contributed by atoms with Gasteiger partial charge in [0.05, 0.1) is 5.69 Å². The molecule has 0 radical (unpaired) electrons. The van der Waals surface area contributed by atoms with Crippen LogP contribution in [0.3, 0.4) is 0 Å². The Labute approximate surface area is 111 Å². The minimum atomic E-state index is -0.724. The second-order valence-corrected chi connectivity index (χ2v) is 4.14. The van der Waals surface area contributed by atoms with Gasteiger partial charge in [-0.05, 0) is 11.6 Å². The number of carbonyl (C=O) groups excluding carboxylic acids is 2. The first-order valence-corrected chi connectivity index (χ1v) is 6.06. The molecule has 0 fully saturated rings. The number of hydrogen-bond donors (Lipinski definition) is 1. The van der Waals surface area contributed by atoms with E-state index in [1.54, 1.807) is 5.38 Å². The molecular formula is C8H7Cl2N3O3S. The molecule has 1 aromatic rings. The van der Waals surface area contributed by atoms with E-state index < -0.39 is 5.24 Å². The summed E-state index contributed by atoms with van der Waals surface area (Å²) in [6, 6.07) is 0. The maximum atomic E-state index is 10.9. The summed E-state index contributed by atoms with van der Waals surface area (Å²) in [7, 11) is 0. The Balaban J connectivity index is 2.40. The molecule has 0 aliphatic carbocycles. The summed E-state index contributed by atoms with van der Waals surface area (Å²) < 4.78 is 0. The smallest absolute Gasteiger partial charge is 0.266 e. The third kappa shape index (κ3) is 5.62.